The van der Waals surface area contributed by atoms with Crippen LogP contribution < -0.4 is 15.4 Å². The van der Waals surface area contributed by atoms with Crippen LogP contribution in [0.25, 0.3) is 16.7 Å². The number of halogens is 2. The van der Waals surface area contributed by atoms with E-state index in [9.17, 15) is 13.6 Å². The van der Waals surface area contributed by atoms with Gasteiger partial charge in [-0.1, -0.05) is 0 Å². The van der Waals surface area contributed by atoms with Crippen molar-refractivity contribution in [3.8, 4) is 5.82 Å². The molecule has 9 nitrogen and oxygen atoms in total. The summed E-state index contributed by atoms with van der Waals surface area (Å²) in [5.41, 5.74) is 0.979. The number of piperazine rings is 1. The Morgan fingerprint density at radius 1 is 1.03 bits per heavy atom. The molecular weight excluding hydrogens is 418 g/mol. The highest BCUT2D eigenvalue weighted by molar-refractivity contribution is 5.81. The van der Waals surface area contributed by atoms with Crippen molar-refractivity contribution in [3.05, 3.63) is 65.7 Å². The van der Waals surface area contributed by atoms with Gasteiger partial charge in [-0.25, -0.2) is 23.4 Å². The summed E-state index contributed by atoms with van der Waals surface area (Å²) in [7, 11) is 0. The summed E-state index contributed by atoms with van der Waals surface area (Å²) in [6.07, 6.45) is 5.51. The number of fused-ring (bicyclic) bond motifs is 1. The van der Waals surface area contributed by atoms with Crippen LogP contribution in [0, 0.1) is 0 Å². The van der Waals surface area contributed by atoms with Gasteiger partial charge in [-0.3, -0.25) is 14.3 Å². The van der Waals surface area contributed by atoms with Gasteiger partial charge in [0.05, 0.1) is 36.2 Å². The second-order valence-corrected chi connectivity index (χ2v) is 7.45. The third-order valence-corrected chi connectivity index (χ3v) is 5.46. The van der Waals surface area contributed by atoms with Crippen molar-refractivity contribution in [3.63, 3.8) is 0 Å². The SMILES string of the molecule is O=c1c2ccc(N3CCN(c4cncc(-n5cccn5)n4)CC3)cc2ncn1CC(F)F. The summed E-state index contributed by atoms with van der Waals surface area (Å²) in [6.45, 7) is 2.34. The lowest BCUT2D eigenvalue weighted by Crippen LogP contribution is -2.47. The minimum atomic E-state index is -2.60. The van der Waals surface area contributed by atoms with Crippen molar-refractivity contribution >= 4 is 22.4 Å². The first kappa shape index (κ1) is 20.0. The van der Waals surface area contributed by atoms with Crippen molar-refractivity contribution in [1.82, 2.24) is 29.3 Å². The van der Waals surface area contributed by atoms with Gasteiger partial charge in [0.1, 0.15) is 5.82 Å². The quantitative estimate of drug-likeness (QED) is 0.471. The Balaban J connectivity index is 1.31. The van der Waals surface area contributed by atoms with Crippen LogP contribution in [0.3, 0.4) is 0 Å². The molecule has 5 rings (SSSR count). The van der Waals surface area contributed by atoms with Crippen molar-refractivity contribution in [1.29, 1.82) is 0 Å². The molecule has 3 aromatic heterocycles. The molecule has 0 radical (unpaired) electrons. The van der Waals surface area contributed by atoms with E-state index in [1.165, 1.54) is 6.33 Å². The molecule has 0 spiro atoms. The number of aromatic nitrogens is 6. The first-order valence-electron chi connectivity index (χ1n) is 10.2. The van der Waals surface area contributed by atoms with Crippen molar-refractivity contribution in [2.45, 2.75) is 13.0 Å². The number of alkyl halides is 2. The highest BCUT2D eigenvalue weighted by Gasteiger charge is 2.20. The number of rotatable bonds is 5. The zero-order valence-corrected chi connectivity index (χ0v) is 17.1. The minimum Gasteiger partial charge on any atom is -0.368 e. The van der Waals surface area contributed by atoms with Gasteiger partial charge in [-0.05, 0) is 24.3 Å². The molecule has 164 valence electrons. The monoisotopic (exact) mass is 438 g/mol. The number of benzene rings is 1. The summed E-state index contributed by atoms with van der Waals surface area (Å²) in [4.78, 5) is 30.0. The first-order valence-corrected chi connectivity index (χ1v) is 10.2. The zero-order chi connectivity index (χ0) is 22.1. The van der Waals surface area contributed by atoms with E-state index in [-0.39, 0.29) is 0 Å². The molecule has 0 amide bonds. The molecule has 4 heterocycles. The van der Waals surface area contributed by atoms with Crippen LogP contribution in [0.4, 0.5) is 20.3 Å². The highest BCUT2D eigenvalue weighted by Crippen LogP contribution is 2.22. The van der Waals surface area contributed by atoms with E-state index in [0.29, 0.717) is 16.7 Å². The Labute approximate surface area is 181 Å². The van der Waals surface area contributed by atoms with Crippen molar-refractivity contribution < 1.29 is 8.78 Å². The fraction of sp³-hybridized carbons (Fsp3) is 0.286. The summed E-state index contributed by atoms with van der Waals surface area (Å²) >= 11 is 0. The summed E-state index contributed by atoms with van der Waals surface area (Å²) < 4.78 is 27.9. The number of nitrogens with zero attached hydrogens (tertiary/aromatic N) is 8. The molecule has 1 aromatic carbocycles. The topological polar surface area (TPSA) is 85.0 Å². The average molecular weight is 438 g/mol. The van der Waals surface area contributed by atoms with Crippen LogP contribution in [0.15, 0.2) is 60.2 Å². The predicted molar refractivity (Wildman–Crippen MR) is 116 cm³/mol. The van der Waals surface area contributed by atoms with E-state index >= 15 is 0 Å². The molecule has 0 atom stereocenters. The lowest BCUT2D eigenvalue weighted by Gasteiger charge is -2.36. The van der Waals surface area contributed by atoms with Gasteiger partial charge in [-0.15, -0.1) is 0 Å². The number of hydrogen-bond donors (Lipinski definition) is 0. The number of anilines is 2. The summed E-state index contributed by atoms with van der Waals surface area (Å²) in [6, 6.07) is 7.16. The molecule has 0 unspecified atom stereocenters. The molecule has 0 N–H and O–H groups in total. The molecule has 4 aromatic rings. The maximum absolute atomic E-state index is 12.6. The van der Waals surface area contributed by atoms with Crippen LogP contribution in [0.2, 0.25) is 0 Å². The van der Waals surface area contributed by atoms with E-state index in [2.05, 4.69) is 29.9 Å². The largest absolute Gasteiger partial charge is 0.368 e. The Hall–Kier alpha value is -3.89. The Kier molecular flexibility index (Phi) is 5.21. The van der Waals surface area contributed by atoms with E-state index in [1.807, 2.05) is 24.4 Å². The molecule has 1 aliphatic rings. The van der Waals surface area contributed by atoms with Gasteiger partial charge >= 0.3 is 0 Å². The normalized spacial score (nSPS) is 14.5. The molecule has 0 bridgehead atoms. The standard InChI is InChI=1S/C21H20F2N8O/c22-18(23)13-30-14-25-17-10-15(2-3-16(17)21(30)32)28-6-8-29(9-7-28)19-11-24-12-20(27-19)31-5-1-4-26-31/h1-5,10-12,14,18H,6-9,13H2. The molecule has 0 aliphatic carbocycles. The maximum atomic E-state index is 12.6. The van der Waals surface area contributed by atoms with E-state index in [1.54, 1.807) is 29.3 Å². The molecular formula is C21H20F2N8O. The summed E-state index contributed by atoms with van der Waals surface area (Å²) in [5, 5.41) is 4.53. The molecule has 1 saturated heterocycles. The van der Waals surface area contributed by atoms with Crippen LogP contribution in [0.1, 0.15) is 0 Å². The summed E-state index contributed by atoms with van der Waals surface area (Å²) in [5.74, 6) is 1.45. The minimum absolute atomic E-state index is 0.334. The van der Waals surface area contributed by atoms with Gasteiger partial charge in [0.2, 0.25) is 0 Å². The van der Waals surface area contributed by atoms with Gasteiger partial charge < -0.3 is 9.80 Å². The van der Waals surface area contributed by atoms with Gasteiger partial charge in [0.25, 0.3) is 12.0 Å². The Morgan fingerprint density at radius 2 is 1.81 bits per heavy atom. The average Bonchev–Trinajstić information content (AvgIpc) is 3.36. The number of hydrogen-bond acceptors (Lipinski definition) is 7. The van der Waals surface area contributed by atoms with E-state index < -0.39 is 18.5 Å². The van der Waals surface area contributed by atoms with Crippen LogP contribution >= 0.6 is 0 Å². The predicted octanol–water partition coefficient (Wildman–Crippen LogP) is 1.96. The fourth-order valence-electron chi connectivity index (χ4n) is 3.83. The van der Waals surface area contributed by atoms with Gasteiger partial charge in [0, 0.05) is 44.3 Å². The fourth-order valence-corrected chi connectivity index (χ4v) is 3.83. The third-order valence-electron chi connectivity index (χ3n) is 5.46. The van der Waals surface area contributed by atoms with Crippen molar-refractivity contribution in [2.75, 3.05) is 36.0 Å². The Morgan fingerprint density at radius 3 is 2.56 bits per heavy atom. The smallest absolute Gasteiger partial charge is 0.261 e. The Bertz CT molecular complexity index is 1280. The maximum Gasteiger partial charge on any atom is 0.261 e. The van der Waals surface area contributed by atoms with Crippen molar-refractivity contribution in [2.24, 2.45) is 0 Å². The lowest BCUT2D eigenvalue weighted by atomic mass is 10.2. The molecule has 11 heteroatoms. The molecule has 1 aliphatic heterocycles. The van der Waals surface area contributed by atoms with Crippen LogP contribution in [-0.2, 0) is 6.54 Å². The molecule has 1 fully saturated rings. The van der Waals surface area contributed by atoms with E-state index in [0.717, 1.165) is 42.3 Å². The van der Waals surface area contributed by atoms with Gasteiger partial charge in [0.15, 0.2) is 5.82 Å². The second kappa shape index (κ2) is 8.33. The second-order valence-electron chi connectivity index (χ2n) is 7.45. The van der Waals surface area contributed by atoms with Crippen LogP contribution in [0.5, 0.6) is 0 Å². The van der Waals surface area contributed by atoms with Gasteiger partial charge in [-0.2, -0.15) is 5.10 Å². The first-order chi connectivity index (χ1) is 15.6. The molecule has 0 saturated carbocycles. The third kappa shape index (κ3) is 3.88. The lowest BCUT2D eigenvalue weighted by molar-refractivity contribution is 0.125. The highest BCUT2D eigenvalue weighted by atomic mass is 19.3. The molecule has 32 heavy (non-hydrogen) atoms. The zero-order valence-electron chi connectivity index (χ0n) is 17.1. The van der Waals surface area contributed by atoms with Crippen LogP contribution in [-0.4, -0.2) is 61.9 Å². The van der Waals surface area contributed by atoms with E-state index in [4.69, 9.17) is 0 Å².